The van der Waals surface area contributed by atoms with E-state index in [-0.39, 0.29) is 11.5 Å². The first-order valence-corrected chi connectivity index (χ1v) is 9.70. The van der Waals surface area contributed by atoms with E-state index in [4.69, 9.17) is 16.3 Å². The number of nitrogens with zero attached hydrogens (tertiary/aromatic N) is 1. The first kappa shape index (κ1) is 17.9. The molecule has 1 saturated heterocycles. The Bertz CT molecular complexity index is 878. The van der Waals surface area contributed by atoms with E-state index in [1.165, 1.54) is 4.31 Å². The zero-order valence-electron chi connectivity index (χ0n) is 13.8. The van der Waals surface area contributed by atoms with Crippen molar-refractivity contribution in [2.24, 2.45) is 0 Å². The summed E-state index contributed by atoms with van der Waals surface area (Å²) in [5.74, 6) is -0.543. The molecule has 0 bridgehead atoms. The van der Waals surface area contributed by atoms with Gasteiger partial charge in [-0.25, -0.2) is 8.42 Å². The molecule has 2 aromatic rings. The molecular formula is C18H18ClNO4S. The van der Waals surface area contributed by atoms with Gasteiger partial charge in [0, 0.05) is 5.02 Å². The molecule has 2 aromatic carbocycles. The summed E-state index contributed by atoms with van der Waals surface area (Å²) < 4.78 is 32.2. The Morgan fingerprint density at radius 1 is 1.12 bits per heavy atom. The van der Waals surface area contributed by atoms with Gasteiger partial charge in [0.25, 0.3) is 0 Å². The van der Waals surface area contributed by atoms with Crippen LogP contribution in [0.15, 0.2) is 53.4 Å². The number of aryl methyl sites for hydroxylation is 1. The topological polar surface area (TPSA) is 63.5 Å². The molecule has 1 unspecified atom stereocenters. The Morgan fingerprint density at radius 3 is 2.28 bits per heavy atom. The summed E-state index contributed by atoms with van der Waals surface area (Å²) in [5, 5.41) is 0.546. The molecule has 0 aromatic heterocycles. The summed E-state index contributed by atoms with van der Waals surface area (Å²) in [6.07, 6.45) is 0. The van der Waals surface area contributed by atoms with Crippen LogP contribution < -0.4 is 0 Å². The summed E-state index contributed by atoms with van der Waals surface area (Å²) in [6, 6.07) is 11.9. The van der Waals surface area contributed by atoms with Crippen LogP contribution in [0.4, 0.5) is 0 Å². The van der Waals surface area contributed by atoms with Crippen LogP contribution in [0.25, 0.3) is 0 Å². The van der Waals surface area contributed by atoms with Gasteiger partial charge in [-0.15, -0.1) is 0 Å². The molecule has 0 amide bonds. The molecule has 1 aliphatic heterocycles. The van der Waals surface area contributed by atoms with E-state index in [0.29, 0.717) is 10.6 Å². The fourth-order valence-corrected chi connectivity index (χ4v) is 4.62. The summed E-state index contributed by atoms with van der Waals surface area (Å²) in [5.41, 5.74) is 1.67. The number of rotatable bonds is 5. The van der Waals surface area contributed by atoms with E-state index in [9.17, 15) is 13.2 Å². The Labute approximate surface area is 152 Å². The molecule has 0 spiro atoms. The largest absolute Gasteiger partial charge is 0.465 e. The minimum atomic E-state index is -3.80. The monoisotopic (exact) mass is 379 g/mol. The van der Waals surface area contributed by atoms with Gasteiger partial charge in [0.2, 0.25) is 10.0 Å². The maximum atomic E-state index is 13.0. The van der Waals surface area contributed by atoms with Crippen LogP contribution in [-0.4, -0.2) is 31.3 Å². The standard InChI is InChI=1S/C18H18ClNO4S/c1-3-24-18(21)17-16(13-6-8-14(19)9-7-13)20(17)25(22,23)15-10-4-12(2)5-11-15/h4-11,16-17H,3H2,1-2H3/t16-,17-,20?/m1/s1. The normalized spacial score (nSPS) is 22.4. The second-order valence-electron chi connectivity index (χ2n) is 5.84. The minimum absolute atomic E-state index is 0.156. The summed E-state index contributed by atoms with van der Waals surface area (Å²) >= 11 is 5.90. The Morgan fingerprint density at radius 2 is 1.72 bits per heavy atom. The first-order valence-electron chi connectivity index (χ1n) is 7.88. The third-order valence-corrected chi connectivity index (χ3v) is 6.22. The zero-order chi connectivity index (χ0) is 18.2. The van der Waals surface area contributed by atoms with Gasteiger partial charge < -0.3 is 4.74 Å². The first-order chi connectivity index (χ1) is 11.9. The van der Waals surface area contributed by atoms with Gasteiger partial charge in [-0.1, -0.05) is 41.4 Å². The maximum Gasteiger partial charge on any atom is 0.326 e. The van der Waals surface area contributed by atoms with E-state index >= 15 is 0 Å². The summed E-state index contributed by atoms with van der Waals surface area (Å²) in [6.45, 7) is 3.77. The van der Waals surface area contributed by atoms with Crippen LogP contribution in [0.2, 0.25) is 5.02 Å². The van der Waals surface area contributed by atoms with Crippen molar-refractivity contribution in [1.29, 1.82) is 0 Å². The molecule has 1 aliphatic rings. The number of hydrogen-bond acceptors (Lipinski definition) is 4. The van der Waals surface area contributed by atoms with Crippen molar-refractivity contribution in [2.45, 2.75) is 30.8 Å². The highest BCUT2D eigenvalue weighted by Crippen LogP contribution is 2.48. The maximum absolute atomic E-state index is 13.0. The lowest BCUT2D eigenvalue weighted by atomic mass is 10.1. The summed E-state index contributed by atoms with van der Waals surface area (Å²) in [7, 11) is -3.80. The highest BCUT2D eigenvalue weighted by Gasteiger charge is 2.61. The number of carbonyl (C=O) groups excluding carboxylic acids is 1. The number of esters is 1. The van der Waals surface area contributed by atoms with Gasteiger partial charge in [-0.05, 0) is 43.7 Å². The highest BCUT2D eigenvalue weighted by molar-refractivity contribution is 7.89. The van der Waals surface area contributed by atoms with E-state index in [1.807, 2.05) is 6.92 Å². The predicted molar refractivity (Wildman–Crippen MR) is 94.8 cm³/mol. The zero-order valence-corrected chi connectivity index (χ0v) is 15.4. The average molecular weight is 380 g/mol. The third kappa shape index (κ3) is 3.42. The quantitative estimate of drug-likeness (QED) is 0.590. The lowest BCUT2D eigenvalue weighted by Crippen LogP contribution is -2.21. The smallest absolute Gasteiger partial charge is 0.326 e. The third-order valence-electron chi connectivity index (χ3n) is 4.09. The fraction of sp³-hybridized carbons (Fsp3) is 0.278. The molecule has 132 valence electrons. The number of ether oxygens (including phenoxy) is 1. The van der Waals surface area contributed by atoms with Crippen molar-refractivity contribution in [3.63, 3.8) is 0 Å². The number of carbonyl (C=O) groups is 1. The lowest BCUT2D eigenvalue weighted by Gasteiger charge is -2.07. The SMILES string of the molecule is CCOC(=O)[C@H]1[C@@H](c2ccc(Cl)cc2)N1S(=O)(=O)c1ccc(C)cc1. The van der Waals surface area contributed by atoms with Crippen molar-refractivity contribution >= 4 is 27.6 Å². The van der Waals surface area contributed by atoms with Crippen LogP contribution in [0.3, 0.4) is 0 Å². The molecular weight excluding hydrogens is 362 g/mol. The highest BCUT2D eigenvalue weighted by atomic mass is 35.5. The van der Waals surface area contributed by atoms with E-state index in [1.54, 1.807) is 55.5 Å². The van der Waals surface area contributed by atoms with Gasteiger partial charge in [0.15, 0.2) is 0 Å². The van der Waals surface area contributed by atoms with Crippen LogP contribution >= 0.6 is 11.6 Å². The molecule has 0 saturated carbocycles. The van der Waals surface area contributed by atoms with Gasteiger partial charge in [-0.2, -0.15) is 4.31 Å². The predicted octanol–water partition coefficient (Wildman–Crippen LogP) is 3.33. The molecule has 3 atom stereocenters. The van der Waals surface area contributed by atoms with Gasteiger partial charge in [-0.3, -0.25) is 4.79 Å². The van der Waals surface area contributed by atoms with Crippen molar-refractivity contribution < 1.29 is 17.9 Å². The van der Waals surface area contributed by atoms with Crippen LogP contribution in [0.5, 0.6) is 0 Å². The number of sulfonamides is 1. The molecule has 5 nitrogen and oxygen atoms in total. The molecule has 1 heterocycles. The molecule has 1 fully saturated rings. The molecule has 0 aliphatic carbocycles. The van der Waals surface area contributed by atoms with Crippen molar-refractivity contribution in [3.05, 3.63) is 64.7 Å². The second kappa shape index (κ2) is 6.78. The Hall–Kier alpha value is -1.89. The fourth-order valence-electron chi connectivity index (χ4n) is 2.79. The molecule has 25 heavy (non-hydrogen) atoms. The second-order valence-corrected chi connectivity index (χ2v) is 8.12. The Balaban J connectivity index is 1.97. The van der Waals surface area contributed by atoms with E-state index < -0.39 is 28.1 Å². The lowest BCUT2D eigenvalue weighted by molar-refractivity contribution is -0.143. The van der Waals surface area contributed by atoms with Crippen LogP contribution in [-0.2, 0) is 19.6 Å². The van der Waals surface area contributed by atoms with Crippen LogP contribution in [0, 0.1) is 6.92 Å². The van der Waals surface area contributed by atoms with Crippen LogP contribution in [0.1, 0.15) is 24.1 Å². The summed E-state index contributed by atoms with van der Waals surface area (Å²) in [4.78, 5) is 12.4. The number of benzene rings is 2. The van der Waals surface area contributed by atoms with Gasteiger partial charge >= 0.3 is 5.97 Å². The van der Waals surface area contributed by atoms with Gasteiger partial charge in [0.1, 0.15) is 6.04 Å². The molecule has 0 N–H and O–H groups in total. The molecule has 3 rings (SSSR count). The van der Waals surface area contributed by atoms with Gasteiger partial charge in [0.05, 0.1) is 17.5 Å². The van der Waals surface area contributed by atoms with Crippen molar-refractivity contribution in [3.8, 4) is 0 Å². The Kier molecular flexibility index (Phi) is 4.86. The minimum Gasteiger partial charge on any atom is -0.465 e. The molecule has 7 heteroatoms. The number of halogens is 1. The average Bonchev–Trinajstić information content (AvgIpc) is 3.33. The number of hydrogen-bond donors (Lipinski definition) is 0. The van der Waals surface area contributed by atoms with Crippen molar-refractivity contribution in [1.82, 2.24) is 4.31 Å². The van der Waals surface area contributed by atoms with E-state index in [2.05, 4.69) is 0 Å². The van der Waals surface area contributed by atoms with E-state index in [0.717, 1.165) is 5.56 Å². The molecule has 0 radical (unpaired) electrons. The van der Waals surface area contributed by atoms with Crippen molar-refractivity contribution in [2.75, 3.05) is 6.61 Å².